The van der Waals surface area contributed by atoms with Gasteiger partial charge in [-0.15, -0.1) is 22.7 Å². The summed E-state index contributed by atoms with van der Waals surface area (Å²) in [5.41, 5.74) is 2.49. The van der Waals surface area contributed by atoms with E-state index < -0.39 is 34.4 Å². The molecule has 0 aliphatic heterocycles. The maximum Gasteiger partial charge on any atom is 0.407 e. The van der Waals surface area contributed by atoms with Gasteiger partial charge in [-0.2, -0.15) is 8.42 Å². The van der Waals surface area contributed by atoms with Crippen molar-refractivity contribution in [2.24, 2.45) is 0 Å². The monoisotopic (exact) mass is 586 g/mol. The second kappa shape index (κ2) is 12.8. The predicted octanol–water partition coefficient (Wildman–Crippen LogP) is 4.45. The number of carbonyl (C=O) groups is 2. The van der Waals surface area contributed by atoms with Crippen LogP contribution in [0.2, 0.25) is 0 Å². The van der Waals surface area contributed by atoms with E-state index in [0.29, 0.717) is 12.1 Å². The number of aromatic nitrogens is 1. The second-order valence-electron chi connectivity index (χ2n) is 8.47. The molecule has 4 rings (SSSR count). The molecule has 2 heterocycles. The van der Waals surface area contributed by atoms with Crippen molar-refractivity contribution in [3.63, 3.8) is 0 Å². The number of nitrogens with zero attached hydrogens (tertiary/aromatic N) is 1. The maximum atomic E-state index is 13.5. The highest BCUT2D eigenvalue weighted by Crippen LogP contribution is 2.31. The number of methoxy groups -OCH3 is 1. The summed E-state index contributed by atoms with van der Waals surface area (Å²) < 4.78 is 38.0. The van der Waals surface area contributed by atoms with Crippen LogP contribution in [0.25, 0.3) is 9.88 Å². The van der Waals surface area contributed by atoms with Crippen molar-refractivity contribution in [3.05, 3.63) is 94.3 Å². The Morgan fingerprint density at radius 1 is 0.949 bits per heavy atom. The Labute approximate surface area is 234 Å². The molecule has 0 aliphatic carbocycles. The van der Waals surface area contributed by atoms with Crippen LogP contribution in [0.1, 0.15) is 22.9 Å². The quantitative estimate of drug-likeness (QED) is 0.190. The number of ether oxygens (including phenoxy) is 1. The van der Waals surface area contributed by atoms with Crippen LogP contribution in [0.4, 0.5) is 10.5 Å². The van der Waals surface area contributed by atoms with Crippen molar-refractivity contribution >= 4 is 50.7 Å². The van der Waals surface area contributed by atoms with E-state index in [1.165, 1.54) is 30.6 Å². The Kier molecular flexibility index (Phi) is 9.30. The second-order valence-corrected chi connectivity index (χ2v) is 11.4. The number of hydrogen-bond acceptors (Lipinski definition) is 8. The minimum atomic E-state index is -4.40. The summed E-state index contributed by atoms with van der Waals surface area (Å²) in [6.45, 7) is 0. The third-order valence-electron chi connectivity index (χ3n) is 5.64. The number of amides is 2. The Morgan fingerprint density at radius 3 is 2.31 bits per heavy atom. The fourth-order valence-corrected chi connectivity index (χ4v) is 5.94. The van der Waals surface area contributed by atoms with Crippen molar-refractivity contribution in [2.75, 3.05) is 11.8 Å². The molecule has 0 bridgehead atoms. The number of anilines is 1. The molecule has 2 atom stereocenters. The van der Waals surface area contributed by atoms with E-state index in [9.17, 15) is 18.0 Å². The Hall–Kier alpha value is -3.78. The van der Waals surface area contributed by atoms with Crippen LogP contribution < -0.4 is 15.4 Å². The minimum Gasteiger partial charge on any atom is -0.453 e. The summed E-state index contributed by atoms with van der Waals surface area (Å²) in [6, 6.07) is 18.2. The number of nitrogens with one attached hydrogen (secondary N) is 3. The van der Waals surface area contributed by atoms with E-state index in [1.54, 1.807) is 23.5 Å². The lowest BCUT2D eigenvalue weighted by Crippen LogP contribution is -2.49. The van der Waals surface area contributed by atoms with Crippen LogP contribution in [0.5, 0.6) is 0 Å². The zero-order valence-electron chi connectivity index (χ0n) is 20.7. The molecule has 4 aromatic rings. The van der Waals surface area contributed by atoms with E-state index in [0.717, 1.165) is 21.0 Å². The smallest absolute Gasteiger partial charge is 0.407 e. The summed E-state index contributed by atoms with van der Waals surface area (Å²) >= 11 is 3.02. The zero-order valence-corrected chi connectivity index (χ0v) is 23.2. The summed E-state index contributed by atoms with van der Waals surface area (Å²) in [5, 5.41) is 10.3. The van der Waals surface area contributed by atoms with Crippen LogP contribution in [-0.2, 0) is 32.7 Å². The summed E-state index contributed by atoms with van der Waals surface area (Å²) in [4.78, 5) is 31.3. The van der Waals surface area contributed by atoms with Gasteiger partial charge in [0.1, 0.15) is 11.0 Å². The van der Waals surface area contributed by atoms with Gasteiger partial charge in [0.05, 0.1) is 29.4 Å². The van der Waals surface area contributed by atoms with Gasteiger partial charge in [0.2, 0.25) is 5.91 Å². The summed E-state index contributed by atoms with van der Waals surface area (Å²) in [6.07, 6.45) is -0.137. The average Bonchev–Trinajstić information content (AvgIpc) is 3.61. The van der Waals surface area contributed by atoms with Crippen molar-refractivity contribution in [1.82, 2.24) is 15.6 Å². The van der Waals surface area contributed by atoms with Gasteiger partial charge in [-0.3, -0.25) is 14.1 Å². The number of benzene rings is 2. The fourth-order valence-electron chi connectivity index (χ4n) is 3.82. The highest BCUT2D eigenvalue weighted by atomic mass is 32.2. The van der Waals surface area contributed by atoms with Gasteiger partial charge >= 0.3 is 16.4 Å². The van der Waals surface area contributed by atoms with Gasteiger partial charge < -0.3 is 15.4 Å². The predicted molar refractivity (Wildman–Crippen MR) is 151 cm³/mol. The molecule has 0 spiro atoms. The van der Waals surface area contributed by atoms with Crippen LogP contribution in [0.15, 0.2) is 77.5 Å². The first-order valence-corrected chi connectivity index (χ1v) is 14.9. The van der Waals surface area contributed by atoms with Crippen molar-refractivity contribution in [3.8, 4) is 9.88 Å². The number of alkyl carbamates (subject to hydrolysis) is 1. The van der Waals surface area contributed by atoms with Crippen molar-refractivity contribution < 1.29 is 27.3 Å². The molecular formula is C26H26N4O6S3. The largest absolute Gasteiger partial charge is 0.453 e. The highest BCUT2D eigenvalue weighted by molar-refractivity contribution is 7.87. The molecule has 2 aromatic heterocycles. The molecule has 39 heavy (non-hydrogen) atoms. The van der Waals surface area contributed by atoms with Gasteiger partial charge in [0, 0.05) is 11.8 Å². The molecule has 2 amide bonds. The topological polar surface area (TPSA) is 147 Å². The molecule has 2 aromatic carbocycles. The lowest BCUT2D eigenvalue weighted by molar-refractivity contribution is -0.123. The van der Waals surface area contributed by atoms with E-state index in [1.807, 2.05) is 57.9 Å². The maximum absolute atomic E-state index is 13.5. The lowest BCUT2D eigenvalue weighted by Gasteiger charge is -2.23. The van der Waals surface area contributed by atoms with E-state index in [2.05, 4.69) is 10.6 Å². The molecule has 0 unspecified atom stereocenters. The number of rotatable bonds is 11. The third-order valence-corrected chi connectivity index (χ3v) is 8.04. The highest BCUT2D eigenvalue weighted by Gasteiger charge is 2.26. The van der Waals surface area contributed by atoms with Gasteiger partial charge in [0.25, 0.3) is 0 Å². The minimum absolute atomic E-state index is 0.195. The van der Waals surface area contributed by atoms with Crippen LogP contribution in [-0.4, -0.2) is 43.1 Å². The Morgan fingerprint density at radius 2 is 1.67 bits per heavy atom. The number of thiophene rings is 1. The SMILES string of the molecule is COC(=O)N[C@H](Cc1ccccc1)C(=O)N[C@@H](Cc1ccc(NS(=O)(=O)O)cc1)c1csc(-c2cccs2)n1. The van der Waals surface area contributed by atoms with Crippen LogP contribution >= 0.6 is 22.7 Å². The summed E-state index contributed by atoms with van der Waals surface area (Å²) in [5.74, 6) is -0.412. The van der Waals surface area contributed by atoms with Gasteiger partial charge in [-0.25, -0.2) is 9.78 Å². The lowest BCUT2D eigenvalue weighted by atomic mass is 10.0. The molecule has 13 heteroatoms. The van der Waals surface area contributed by atoms with E-state index >= 15 is 0 Å². The molecule has 0 aliphatic rings. The Balaban J connectivity index is 1.59. The number of hydrogen-bond donors (Lipinski definition) is 4. The summed E-state index contributed by atoms with van der Waals surface area (Å²) in [7, 11) is -3.16. The fraction of sp³-hybridized carbons (Fsp3) is 0.192. The first kappa shape index (κ1) is 28.2. The van der Waals surface area contributed by atoms with E-state index in [4.69, 9.17) is 14.3 Å². The molecule has 204 valence electrons. The van der Waals surface area contributed by atoms with Gasteiger partial charge in [-0.05, 0) is 41.1 Å². The molecule has 0 saturated carbocycles. The van der Waals surface area contributed by atoms with Gasteiger partial charge in [-0.1, -0.05) is 48.5 Å². The normalized spacial score (nSPS) is 12.8. The van der Waals surface area contributed by atoms with Crippen LogP contribution in [0, 0.1) is 0 Å². The average molecular weight is 587 g/mol. The standard InChI is InChI=1S/C26H26N4O6S3/c1-36-26(32)29-21(15-17-6-3-2-4-7-17)24(31)27-20(22-16-38-25(28-22)23-8-5-13-37-23)14-18-9-11-19(12-10-18)30-39(33,34)35/h2-13,16,20-21,30H,14-15H2,1H3,(H,27,31)(H,29,32)(H,33,34,35)/t20-,21+/m0/s1. The number of thiazole rings is 1. The first-order chi connectivity index (χ1) is 18.7. The Bertz CT molecular complexity index is 1490. The molecule has 10 nitrogen and oxygen atoms in total. The van der Waals surface area contributed by atoms with Crippen molar-refractivity contribution in [2.45, 2.75) is 24.9 Å². The molecular weight excluding hydrogens is 561 g/mol. The zero-order chi connectivity index (χ0) is 27.8. The molecule has 0 saturated heterocycles. The van der Waals surface area contributed by atoms with Crippen molar-refractivity contribution in [1.29, 1.82) is 0 Å². The van der Waals surface area contributed by atoms with Gasteiger partial charge in [0.15, 0.2) is 0 Å². The first-order valence-electron chi connectivity index (χ1n) is 11.7. The van der Waals surface area contributed by atoms with Crippen LogP contribution in [0.3, 0.4) is 0 Å². The molecule has 0 radical (unpaired) electrons. The number of carbonyl (C=O) groups excluding carboxylic acids is 2. The molecule has 4 N–H and O–H groups in total. The molecule has 0 fully saturated rings. The van der Waals surface area contributed by atoms with E-state index in [-0.39, 0.29) is 12.1 Å². The third kappa shape index (κ3) is 8.35.